The quantitative estimate of drug-likeness (QED) is 0.767. The van der Waals surface area contributed by atoms with Crippen LogP contribution in [0.15, 0.2) is 18.2 Å². The molecular formula is C18H27FN2O3. The minimum atomic E-state index is -0.294. The van der Waals surface area contributed by atoms with Crippen LogP contribution in [-0.2, 0) is 11.2 Å². The summed E-state index contributed by atoms with van der Waals surface area (Å²) in [6, 6.07) is 4.48. The van der Waals surface area contributed by atoms with Crippen molar-refractivity contribution in [3.05, 3.63) is 35.1 Å². The molecule has 2 rings (SSSR count). The number of amides is 1. The molecule has 0 saturated carbocycles. The van der Waals surface area contributed by atoms with Crippen LogP contribution in [0.25, 0.3) is 0 Å². The highest BCUT2D eigenvalue weighted by Crippen LogP contribution is 2.25. The average molecular weight is 338 g/mol. The Bertz CT molecular complexity index is 567. The highest BCUT2D eigenvalue weighted by Gasteiger charge is 2.35. The number of carbonyl (C=O) groups excluding carboxylic acids is 1. The van der Waals surface area contributed by atoms with Crippen molar-refractivity contribution in [2.24, 2.45) is 11.8 Å². The summed E-state index contributed by atoms with van der Waals surface area (Å²) in [5.41, 5.74) is 1.61. The number of halogens is 1. The van der Waals surface area contributed by atoms with Crippen LogP contribution in [-0.4, -0.2) is 72.4 Å². The molecule has 1 aliphatic heterocycles. The molecule has 0 aliphatic carbocycles. The van der Waals surface area contributed by atoms with E-state index in [9.17, 15) is 14.3 Å². The Morgan fingerprint density at radius 3 is 2.67 bits per heavy atom. The lowest BCUT2D eigenvalue weighted by Gasteiger charge is -2.23. The van der Waals surface area contributed by atoms with Gasteiger partial charge in [0.1, 0.15) is 5.82 Å². The van der Waals surface area contributed by atoms with Gasteiger partial charge in [0.15, 0.2) is 0 Å². The highest BCUT2D eigenvalue weighted by molar-refractivity contribution is 5.79. The number of aliphatic hydroxyl groups is 2. The van der Waals surface area contributed by atoms with E-state index in [-0.39, 0.29) is 43.2 Å². The molecule has 24 heavy (non-hydrogen) atoms. The van der Waals surface area contributed by atoms with Crippen LogP contribution in [0.3, 0.4) is 0 Å². The molecule has 2 N–H and O–H groups in total. The van der Waals surface area contributed by atoms with Crippen LogP contribution in [0, 0.1) is 24.6 Å². The van der Waals surface area contributed by atoms with Gasteiger partial charge < -0.3 is 20.0 Å². The van der Waals surface area contributed by atoms with Gasteiger partial charge in [-0.05, 0) is 43.1 Å². The van der Waals surface area contributed by atoms with Crippen LogP contribution >= 0.6 is 0 Å². The molecular weight excluding hydrogens is 311 g/mol. The maximum atomic E-state index is 13.2. The predicted octanol–water partition coefficient (Wildman–Crippen LogP) is 0.668. The fourth-order valence-corrected chi connectivity index (χ4v) is 3.35. The van der Waals surface area contributed by atoms with E-state index in [2.05, 4.69) is 0 Å². The van der Waals surface area contributed by atoms with E-state index in [0.29, 0.717) is 19.6 Å². The molecule has 0 bridgehead atoms. The summed E-state index contributed by atoms with van der Waals surface area (Å²) >= 11 is 0. The molecule has 1 fully saturated rings. The van der Waals surface area contributed by atoms with Gasteiger partial charge in [-0.3, -0.25) is 4.79 Å². The Balaban J connectivity index is 1.97. The minimum absolute atomic E-state index is 0.00969. The second-order valence-electron chi connectivity index (χ2n) is 6.73. The van der Waals surface area contributed by atoms with Crippen molar-refractivity contribution in [1.29, 1.82) is 0 Å². The number of likely N-dealkylation sites (N-methyl/N-ethyl adjacent to an activating group) is 1. The van der Waals surface area contributed by atoms with Gasteiger partial charge in [0.25, 0.3) is 0 Å². The lowest BCUT2D eigenvalue weighted by Crippen LogP contribution is -2.34. The molecule has 0 aromatic heterocycles. The molecule has 2 atom stereocenters. The molecule has 6 heteroatoms. The number of aryl methyl sites for hydroxylation is 1. The third-order valence-corrected chi connectivity index (χ3v) is 4.84. The lowest BCUT2D eigenvalue weighted by molar-refractivity contribution is -0.129. The second kappa shape index (κ2) is 8.55. The molecule has 1 aromatic rings. The zero-order chi connectivity index (χ0) is 17.7. The molecule has 0 radical (unpaired) electrons. The molecule has 1 aromatic carbocycles. The summed E-state index contributed by atoms with van der Waals surface area (Å²) < 4.78 is 13.2. The van der Waals surface area contributed by atoms with Crippen molar-refractivity contribution in [3.8, 4) is 0 Å². The van der Waals surface area contributed by atoms with E-state index in [1.807, 2.05) is 11.9 Å². The van der Waals surface area contributed by atoms with Crippen LogP contribution in [0.1, 0.15) is 11.1 Å². The second-order valence-corrected chi connectivity index (χ2v) is 6.73. The number of carbonyl (C=O) groups is 1. The highest BCUT2D eigenvalue weighted by atomic mass is 19.1. The fourth-order valence-electron chi connectivity index (χ4n) is 3.35. The fraction of sp³-hybridized carbons (Fsp3) is 0.611. The SMILES string of the molecule is Cc1cc(F)ccc1CC(=O)N1C[C@@H](CN(C)CCO)[C@@H](CO)C1. The summed E-state index contributed by atoms with van der Waals surface area (Å²) in [5.74, 6) is -0.0260. The summed E-state index contributed by atoms with van der Waals surface area (Å²) in [7, 11) is 1.93. The van der Waals surface area contributed by atoms with Gasteiger partial charge in [-0.25, -0.2) is 4.39 Å². The summed E-state index contributed by atoms with van der Waals surface area (Å²) in [4.78, 5) is 16.4. The maximum absolute atomic E-state index is 13.2. The summed E-state index contributed by atoms with van der Waals surface area (Å²) in [6.07, 6.45) is 0.253. The van der Waals surface area contributed by atoms with Crippen molar-refractivity contribution in [1.82, 2.24) is 9.80 Å². The zero-order valence-electron chi connectivity index (χ0n) is 14.4. The predicted molar refractivity (Wildman–Crippen MR) is 90.1 cm³/mol. The number of aliphatic hydroxyl groups excluding tert-OH is 2. The number of hydrogen-bond donors (Lipinski definition) is 2. The van der Waals surface area contributed by atoms with Crippen molar-refractivity contribution < 1.29 is 19.4 Å². The number of benzene rings is 1. The van der Waals surface area contributed by atoms with Crippen LogP contribution in [0.4, 0.5) is 4.39 Å². The Morgan fingerprint density at radius 1 is 1.33 bits per heavy atom. The Kier molecular flexibility index (Phi) is 6.71. The number of nitrogens with zero attached hydrogens (tertiary/aromatic N) is 2. The van der Waals surface area contributed by atoms with E-state index < -0.39 is 0 Å². The monoisotopic (exact) mass is 338 g/mol. The molecule has 134 valence electrons. The zero-order valence-corrected chi connectivity index (χ0v) is 14.4. The Hall–Kier alpha value is -1.50. The summed E-state index contributed by atoms with van der Waals surface area (Å²) in [6.45, 7) is 4.44. The third-order valence-electron chi connectivity index (χ3n) is 4.84. The summed E-state index contributed by atoms with van der Waals surface area (Å²) in [5, 5.41) is 18.6. The molecule has 0 spiro atoms. The smallest absolute Gasteiger partial charge is 0.227 e. The lowest BCUT2D eigenvalue weighted by atomic mass is 9.96. The molecule has 1 saturated heterocycles. The number of likely N-dealkylation sites (tertiary alicyclic amines) is 1. The third kappa shape index (κ3) is 4.75. The van der Waals surface area contributed by atoms with Crippen molar-refractivity contribution in [3.63, 3.8) is 0 Å². The first-order valence-corrected chi connectivity index (χ1v) is 8.37. The maximum Gasteiger partial charge on any atom is 0.227 e. The minimum Gasteiger partial charge on any atom is -0.396 e. The number of rotatable bonds is 7. The van der Waals surface area contributed by atoms with E-state index in [1.165, 1.54) is 12.1 Å². The van der Waals surface area contributed by atoms with Gasteiger partial charge in [-0.2, -0.15) is 0 Å². The first-order chi connectivity index (χ1) is 11.4. The van der Waals surface area contributed by atoms with Crippen molar-refractivity contribution >= 4 is 5.91 Å². The van der Waals surface area contributed by atoms with E-state index >= 15 is 0 Å². The Morgan fingerprint density at radius 2 is 2.04 bits per heavy atom. The molecule has 0 unspecified atom stereocenters. The van der Waals surface area contributed by atoms with Crippen molar-refractivity contribution in [2.45, 2.75) is 13.3 Å². The van der Waals surface area contributed by atoms with Crippen LogP contribution < -0.4 is 0 Å². The average Bonchev–Trinajstić information content (AvgIpc) is 2.93. The van der Waals surface area contributed by atoms with E-state index in [1.54, 1.807) is 17.9 Å². The van der Waals surface area contributed by atoms with Gasteiger partial charge in [0, 0.05) is 38.7 Å². The normalized spacial score (nSPS) is 20.8. The van der Waals surface area contributed by atoms with Gasteiger partial charge in [-0.15, -0.1) is 0 Å². The Labute approximate surface area is 142 Å². The molecule has 1 amide bonds. The topological polar surface area (TPSA) is 64.0 Å². The van der Waals surface area contributed by atoms with Crippen LogP contribution in [0.5, 0.6) is 0 Å². The van der Waals surface area contributed by atoms with Gasteiger partial charge in [0.05, 0.1) is 13.0 Å². The van der Waals surface area contributed by atoms with Gasteiger partial charge >= 0.3 is 0 Å². The van der Waals surface area contributed by atoms with E-state index in [4.69, 9.17) is 5.11 Å². The first kappa shape index (κ1) is 18.8. The largest absolute Gasteiger partial charge is 0.396 e. The van der Waals surface area contributed by atoms with Gasteiger partial charge in [0.2, 0.25) is 5.91 Å². The molecule has 5 nitrogen and oxygen atoms in total. The van der Waals surface area contributed by atoms with Crippen molar-refractivity contribution in [2.75, 3.05) is 46.4 Å². The molecule has 1 aliphatic rings. The first-order valence-electron chi connectivity index (χ1n) is 8.37. The van der Waals surface area contributed by atoms with E-state index in [0.717, 1.165) is 17.7 Å². The molecule has 1 heterocycles. The van der Waals surface area contributed by atoms with Gasteiger partial charge in [-0.1, -0.05) is 6.07 Å². The number of hydrogen-bond acceptors (Lipinski definition) is 4. The standard InChI is InChI=1S/C18H27FN2O3/c1-13-7-17(19)4-3-14(13)8-18(24)21-10-15(16(11-21)12-23)9-20(2)5-6-22/h3-4,7,15-16,22-23H,5-6,8-12H2,1-2H3/t15-,16-/m1/s1. The van der Waals surface area contributed by atoms with Crippen LogP contribution in [0.2, 0.25) is 0 Å².